The van der Waals surface area contributed by atoms with Crippen LogP contribution in [0.2, 0.25) is 0 Å². The Morgan fingerprint density at radius 1 is 1.43 bits per heavy atom. The first-order valence-corrected chi connectivity index (χ1v) is 5.17. The van der Waals surface area contributed by atoms with Gasteiger partial charge in [0.05, 0.1) is 6.61 Å². The van der Waals surface area contributed by atoms with E-state index in [1.54, 1.807) is 6.07 Å². The zero-order chi connectivity index (χ0) is 10.4. The average Bonchev–Trinajstić information content (AvgIpc) is 2.20. The molecule has 1 aromatic rings. The molecule has 3 nitrogen and oxygen atoms in total. The molecule has 1 aromatic carbocycles. The first-order valence-electron chi connectivity index (χ1n) is 4.37. The van der Waals surface area contributed by atoms with Crippen molar-refractivity contribution in [1.82, 2.24) is 0 Å². The van der Waals surface area contributed by atoms with Crippen LogP contribution in [0.25, 0.3) is 0 Å². The average molecular weight is 261 g/mol. The summed E-state index contributed by atoms with van der Waals surface area (Å²) in [6.45, 7) is 2.69. The lowest BCUT2D eigenvalue weighted by molar-refractivity contribution is 0.0212. The van der Waals surface area contributed by atoms with Crippen LogP contribution in [-0.2, 0) is 11.3 Å². The van der Waals surface area contributed by atoms with Gasteiger partial charge in [0, 0.05) is 16.6 Å². The van der Waals surface area contributed by atoms with Crippen molar-refractivity contribution in [2.75, 3.05) is 13.4 Å². The highest BCUT2D eigenvalue weighted by Crippen LogP contribution is 2.23. The van der Waals surface area contributed by atoms with Crippen molar-refractivity contribution in [3.63, 3.8) is 0 Å². The Morgan fingerprint density at radius 2 is 2.21 bits per heavy atom. The maximum absolute atomic E-state index is 9.06. The van der Waals surface area contributed by atoms with Gasteiger partial charge in [0.25, 0.3) is 0 Å². The first-order chi connectivity index (χ1) is 6.77. The van der Waals surface area contributed by atoms with Crippen molar-refractivity contribution in [3.8, 4) is 5.75 Å². The van der Waals surface area contributed by atoms with E-state index in [1.807, 2.05) is 19.1 Å². The Labute approximate surface area is 91.8 Å². The van der Waals surface area contributed by atoms with Gasteiger partial charge in [-0.15, -0.1) is 0 Å². The number of halogens is 1. The highest BCUT2D eigenvalue weighted by molar-refractivity contribution is 9.10. The highest BCUT2D eigenvalue weighted by atomic mass is 79.9. The molecule has 0 spiro atoms. The van der Waals surface area contributed by atoms with Crippen molar-refractivity contribution in [2.45, 2.75) is 13.5 Å². The van der Waals surface area contributed by atoms with E-state index in [-0.39, 0.29) is 13.4 Å². The molecule has 0 radical (unpaired) electrons. The van der Waals surface area contributed by atoms with Crippen LogP contribution in [0.3, 0.4) is 0 Å². The Morgan fingerprint density at radius 3 is 2.86 bits per heavy atom. The van der Waals surface area contributed by atoms with E-state index in [4.69, 9.17) is 14.6 Å². The van der Waals surface area contributed by atoms with Crippen LogP contribution in [0, 0.1) is 0 Å². The second-order valence-electron chi connectivity index (χ2n) is 2.67. The Bertz CT molecular complexity index is 289. The molecule has 0 fully saturated rings. The second-order valence-corrected chi connectivity index (χ2v) is 3.58. The van der Waals surface area contributed by atoms with Gasteiger partial charge in [0.2, 0.25) is 0 Å². The predicted molar refractivity (Wildman–Crippen MR) is 57.2 cm³/mol. The summed E-state index contributed by atoms with van der Waals surface area (Å²) in [4.78, 5) is 0. The van der Waals surface area contributed by atoms with Crippen molar-refractivity contribution in [2.24, 2.45) is 0 Å². The van der Waals surface area contributed by atoms with Crippen molar-refractivity contribution in [3.05, 3.63) is 28.2 Å². The zero-order valence-corrected chi connectivity index (χ0v) is 9.58. The van der Waals surface area contributed by atoms with E-state index in [9.17, 15) is 0 Å². The van der Waals surface area contributed by atoms with Crippen LogP contribution in [0.5, 0.6) is 5.75 Å². The number of benzene rings is 1. The van der Waals surface area contributed by atoms with Crippen LogP contribution < -0.4 is 4.74 Å². The Kier molecular flexibility index (Phi) is 4.93. The molecule has 1 rings (SSSR count). The second kappa shape index (κ2) is 6.01. The summed E-state index contributed by atoms with van der Waals surface area (Å²) < 4.78 is 11.3. The zero-order valence-electron chi connectivity index (χ0n) is 8.00. The number of aliphatic hydroxyl groups is 1. The number of rotatable bonds is 5. The predicted octanol–water partition coefficient (Wildman–Crippen LogP) is 2.31. The molecule has 0 unspecified atom stereocenters. The van der Waals surface area contributed by atoms with E-state index >= 15 is 0 Å². The van der Waals surface area contributed by atoms with Gasteiger partial charge in [0.1, 0.15) is 5.75 Å². The van der Waals surface area contributed by atoms with E-state index in [0.717, 1.165) is 10.0 Å². The van der Waals surface area contributed by atoms with Gasteiger partial charge in [-0.1, -0.05) is 15.9 Å². The number of aliphatic hydroxyl groups excluding tert-OH is 1. The molecule has 0 aliphatic rings. The van der Waals surface area contributed by atoms with Gasteiger partial charge in [-0.2, -0.15) is 0 Å². The minimum Gasteiger partial charge on any atom is -0.467 e. The molecule has 0 saturated carbocycles. The number of hydrogen-bond donors (Lipinski definition) is 1. The lowest BCUT2D eigenvalue weighted by Crippen LogP contribution is -2.04. The van der Waals surface area contributed by atoms with Crippen molar-refractivity contribution < 1.29 is 14.6 Å². The molecule has 0 aliphatic heterocycles. The Hall–Kier alpha value is -0.580. The highest BCUT2D eigenvalue weighted by Gasteiger charge is 2.02. The summed E-state index contributed by atoms with van der Waals surface area (Å²) in [5.74, 6) is 0.657. The maximum atomic E-state index is 9.06. The standard InChI is InChI=1S/C10H13BrO3/c1-2-13-7-14-10-4-3-9(11)5-8(10)6-12/h3-5,12H,2,6-7H2,1H3. The molecule has 0 amide bonds. The fourth-order valence-corrected chi connectivity index (χ4v) is 1.41. The van der Waals surface area contributed by atoms with Gasteiger partial charge in [0.15, 0.2) is 6.79 Å². The van der Waals surface area contributed by atoms with Gasteiger partial charge < -0.3 is 14.6 Å². The van der Waals surface area contributed by atoms with Gasteiger partial charge in [-0.05, 0) is 25.1 Å². The fourth-order valence-electron chi connectivity index (χ4n) is 1.00. The molecule has 0 heterocycles. The summed E-state index contributed by atoms with van der Waals surface area (Å²) in [7, 11) is 0. The van der Waals surface area contributed by atoms with Gasteiger partial charge in [-0.25, -0.2) is 0 Å². The largest absolute Gasteiger partial charge is 0.467 e. The smallest absolute Gasteiger partial charge is 0.189 e. The van der Waals surface area contributed by atoms with E-state index in [1.165, 1.54) is 0 Å². The normalized spacial score (nSPS) is 10.2. The molecule has 0 aromatic heterocycles. The molecule has 1 N–H and O–H groups in total. The minimum absolute atomic E-state index is 0.0408. The van der Waals surface area contributed by atoms with Gasteiger partial charge >= 0.3 is 0 Å². The summed E-state index contributed by atoms with van der Waals surface area (Å²) in [5, 5.41) is 9.06. The molecule has 4 heteroatoms. The topological polar surface area (TPSA) is 38.7 Å². The lowest BCUT2D eigenvalue weighted by Gasteiger charge is -2.09. The number of ether oxygens (including phenoxy) is 2. The minimum atomic E-state index is -0.0408. The first kappa shape index (κ1) is 11.5. The van der Waals surface area contributed by atoms with E-state index in [2.05, 4.69) is 15.9 Å². The van der Waals surface area contributed by atoms with E-state index in [0.29, 0.717) is 12.4 Å². The third kappa shape index (κ3) is 3.29. The Balaban J connectivity index is 2.65. The molecule has 78 valence electrons. The fraction of sp³-hybridized carbons (Fsp3) is 0.400. The summed E-state index contributed by atoms with van der Waals surface area (Å²) >= 11 is 3.32. The number of hydrogen-bond acceptors (Lipinski definition) is 3. The molecule has 0 bridgehead atoms. The SMILES string of the molecule is CCOCOc1ccc(Br)cc1CO. The van der Waals surface area contributed by atoms with Crippen LogP contribution in [0.4, 0.5) is 0 Å². The summed E-state index contributed by atoms with van der Waals surface area (Å²) in [6, 6.07) is 5.48. The third-order valence-corrected chi connectivity index (χ3v) is 2.19. The van der Waals surface area contributed by atoms with Crippen molar-refractivity contribution >= 4 is 15.9 Å². The molecule has 0 aliphatic carbocycles. The summed E-state index contributed by atoms with van der Waals surface area (Å²) in [6.07, 6.45) is 0. The van der Waals surface area contributed by atoms with Crippen LogP contribution in [0.1, 0.15) is 12.5 Å². The molecular formula is C10H13BrO3. The van der Waals surface area contributed by atoms with Crippen LogP contribution in [0.15, 0.2) is 22.7 Å². The molecule has 0 atom stereocenters. The summed E-state index contributed by atoms with van der Waals surface area (Å²) in [5.41, 5.74) is 0.749. The molecule has 14 heavy (non-hydrogen) atoms. The van der Waals surface area contributed by atoms with Crippen LogP contribution >= 0.6 is 15.9 Å². The maximum Gasteiger partial charge on any atom is 0.189 e. The van der Waals surface area contributed by atoms with Crippen LogP contribution in [-0.4, -0.2) is 18.5 Å². The quantitative estimate of drug-likeness (QED) is 0.653. The van der Waals surface area contributed by atoms with Crippen molar-refractivity contribution in [1.29, 1.82) is 0 Å². The third-order valence-electron chi connectivity index (χ3n) is 1.69. The lowest BCUT2D eigenvalue weighted by atomic mass is 10.2. The van der Waals surface area contributed by atoms with Gasteiger partial charge in [-0.3, -0.25) is 0 Å². The monoisotopic (exact) mass is 260 g/mol. The molecule has 0 saturated heterocycles. The van der Waals surface area contributed by atoms with E-state index < -0.39 is 0 Å². The molecular weight excluding hydrogens is 248 g/mol.